The van der Waals surface area contributed by atoms with Crippen molar-refractivity contribution in [1.82, 2.24) is 9.88 Å². The van der Waals surface area contributed by atoms with Crippen molar-refractivity contribution in [2.45, 2.75) is 51.9 Å². The first-order valence-electron chi connectivity index (χ1n) is 7.36. The maximum absolute atomic E-state index is 12.6. The lowest BCUT2D eigenvalue weighted by Crippen LogP contribution is -2.37. The quantitative estimate of drug-likeness (QED) is 0.805. The maximum atomic E-state index is 12.6. The molecule has 2 amide bonds. The van der Waals surface area contributed by atoms with Gasteiger partial charge in [0.1, 0.15) is 0 Å². The van der Waals surface area contributed by atoms with Crippen LogP contribution in [0, 0.1) is 12.3 Å². The second-order valence-electron chi connectivity index (χ2n) is 5.98. The van der Waals surface area contributed by atoms with Crippen molar-refractivity contribution in [3.8, 4) is 0 Å². The van der Waals surface area contributed by atoms with Gasteiger partial charge in [-0.1, -0.05) is 19.3 Å². The average Bonchev–Trinajstić information content (AvgIpc) is 2.93. The van der Waals surface area contributed by atoms with E-state index in [4.69, 9.17) is 0 Å². The van der Waals surface area contributed by atoms with Gasteiger partial charge < -0.3 is 0 Å². The fourth-order valence-electron chi connectivity index (χ4n) is 3.48. The second-order valence-corrected chi connectivity index (χ2v) is 6.92. The zero-order valence-corrected chi connectivity index (χ0v) is 12.7. The van der Waals surface area contributed by atoms with E-state index in [9.17, 15) is 9.59 Å². The normalized spacial score (nSPS) is 21.9. The van der Waals surface area contributed by atoms with Crippen LogP contribution in [0.2, 0.25) is 0 Å². The molecule has 20 heavy (non-hydrogen) atoms. The smallest absolute Gasteiger partial charge is 0.235 e. The number of aromatic nitrogens is 1. The van der Waals surface area contributed by atoms with Crippen LogP contribution in [0.15, 0.2) is 5.51 Å². The van der Waals surface area contributed by atoms with E-state index in [0.29, 0.717) is 13.0 Å². The van der Waals surface area contributed by atoms with Gasteiger partial charge in [0.15, 0.2) is 0 Å². The molecule has 108 valence electrons. The van der Waals surface area contributed by atoms with E-state index < -0.39 is 0 Å². The molecule has 1 saturated heterocycles. The van der Waals surface area contributed by atoms with E-state index in [2.05, 4.69) is 4.98 Å². The van der Waals surface area contributed by atoms with E-state index >= 15 is 0 Å². The lowest BCUT2D eigenvalue weighted by molar-refractivity contribution is -0.142. The van der Waals surface area contributed by atoms with Gasteiger partial charge in [-0.05, 0) is 19.8 Å². The summed E-state index contributed by atoms with van der Waals surface area (Å²) in [5, 5.41) is 0. The molecule has 1 aliphatic carbocycles. The predicted molar refractivity (Wildman–Crippen MR) is 77.4 cm³/mol. The zero-order valence-electron chi connectivity index (χ0n) is 11.9. The molecule has 0 N–H and O–H groups in total. The third-order valence-corrected chi connectivity index (χ3v) is 5.70. The molecule has 3 rings (SSSR count). The standard InChI is InChI=1S/C15H20N2O2S/c1-11-12(20-10-16-11)5-8-17-13(18)9-15(14(17)19)6-3-2-4-7-15/h10H,2-9H2,1H3. The van der Waals surface area contributed by atoms with Crippen LogP contribution in [0.25, 0.3) is 0 Å². The number of carbonyl (C=O) groups excluding carboxylic acids is 2. The Hall–Kier alpha value is -1.23. The summed E-state index contributed by atoms with van der Waals surface area (Å²) in [5.41, 5.74) is 2.49. The van der Waals surface area contributed by atoms with Gasteiger partial charge in [-0.15, -0.1) is 11.3 Å². The molecule has 2 aliphatic rings. The number of thiazole rings is 1. The first-order chi connectivity index (χ1) is 9.62. The highest BCUT2D eigenvalue weighted by Crippen LogP contribution is 2.45. The topological polar surface area (TPSA) is 50.3 Å². The first kappa shape index (κ1) is 13.7. The molecule has 5 heteroatoms. The molecule has 1 aliphatic heterocycles. The SMILES string of the molecule is Cc1ncsc1CCN1C(=O)CC2(CCCCC2)C1=O. The van der Waals surface area contributed by atoms with Crippen molar-refractivity contribution in [2.24, 2.45) is 5.41 Å². The summed E-state index contributed by atoms with van der Waals surface area (Å²) in [4.78, 5) is 31.7. The number of imide groups is 1. The minimum Gasteiger partial charge on any atom is -0.282 e. The Kier molecular flexibility index (Phi) is 3.63. The molecule has 0 aromatic carbocycles. The first-order valence-corrected chi connectivity index (χ1v) is 8.24. The number of aryl methyl sites for hydroxylation is 1. The van der Waals surface area contributed by atoms with Gasteiger partial charge in [-0.3, -0.25) is 14.5 Å². The molecular weight excluding hydrogens is 272 g/mol. The van der Waals surface area contributed by atoms with Gasteiger partial charge in [-0.2, -0.15) is 0 Å². The number of likely N-dealkylation sites (tertiary alicyclic amines) is 1. The molecule has 2 heterocycles. The number of nitrogens with zero attached hydrogens (tertiary/aromatic N) is 2. The van der Waals surface area contributed by atoms with Crippen LogP contribution in [-0.4, -0.2) is 28.2 Å². The molecule has 0 unspecified atom stereocenters. The van der Waals surface area contributed by atoms with E-state index in [1.54, 1.807) is 11.3 Å². The molecule has 4 nitrogen and oxygen atoms in total. The summed E-state index contributed by atoms with van der Waals surface area (Å²) in [5.74, 6) is 0.114. The van der Waals surface area contributed by atoms with Crippen LogP contribution < -0.4 is 0 Å². The van der Waals surface area contributed by atoms with E-state index in [1.807, 2.05) is 12.4 Å². The molecule has 0 bridgehead atoms. The van der Waals surface area contributed by atoms with Crippen LogP contribution in [0.4, 0.5) is 0 Å². The van der Waals surface area contributed by atoms with Gasteiger partial charge in [0.25, 0.3) is 0 Å². The average molecular weight is 292 g/mol. The largest absolute Gasteiger partial charge is 0.282 e. The van der Waals surface area contributed by atoms with Gasteiger partial charge in [0.2, 0.25) is 11.8 Å². The Morgan fingerprint density at radius 3 is 2.70 bits per heavy atom. The Morgan fingerprint density at radius 1 is 1.30 bits per heavy atom. The molecule has 1 aromatic heterocycles. The summed E-state index contributed by atoms with van der Waals surface area (Å²) in [6.45, 7) is 2.49. The maximum Gasteiger partial charge on any atom is 0.235 e. The number of rotatable bonds is 3. The second kappa shape index (κ2) is 5.28. The summed E-state index contributed by atoms with van der Waals surface area (Å²) in [6, 6.07) is 0. The fraction of sp³-hybridized carbons (Fsp3) is 0.667. The minimum absolute atomic E-state index is 0.0269. The van der Waals surface area contributed by atoms with E-state index in [-0.39, 0.29) is 17.2 Å². The fourth-order valence-corrected chi connectivity index (χ4v) is 4.26. The van der Waals surface area contributed by atoms with Crippen molar-refractivity contribution >= 4 is 23.2 Å². The van der Waals surface area contributed by atoms with Crippen LogP contribution >= 0.6 is 11.3 Å². The van der Waals surface area contributed by atoms with Crippen LogP contribution in [0.1, 0.15) is 49.1 Å². The minimum atomic E-state index is -0.349. The van der Waals surface area contributed by atoms with Crippen LogP contribution in [-0.2, 0) is 16.0 Å². The third-order valence-electron chi connectivity index (χ3n) is 4.71. The van der Waals surface area contributed by atoms with Crippen LogP contribution in [0.3, 0.4) is 0 Å². The Labute approximate surface area is 123 Å². The third kappa shape index (κ3) is 2.28. The highest BCUT2D eigenvalue weighted by Gasteiger charge is 2.51. The predicted octanol–water partition coefficient (Wildman–Crippen LogP) is 2.70. The molecule has 1 spiro atoms. The van der Waals surface area contributed by atoms with Gasteiger partial charge >= 0.3 is 0 Å². The molecule has 1 aromatic rings. The van der Waals surface area contributed by atoms with Gasteiger partial charge in [0, 0.05) is 24.3 Å². The van der Waals surface area contributed by atoms with Crippen molar-refractivity contribution in [2.75, 3.05) is 6.54 Å². The van der Waals surface area contributed by atoms with Crippen molar-refractivity contribution in [1.29, 1.82) is 0 Å². The lowest BCUT2D eigenvalue weighted by Gasteiger charge is -2.30. The molecule has 0 radical (unpaired) electrons. The highest BCUT2D eigenvalue weighted by atomic mass is 32.1. The Bertz CT molecular complexity index is 532. The molecule has 2 fully saturated rings. The number of carbonyl (C=O) groups is 2. The zero-order chi connectivity index (χ0) is 14.2. The summed E-state index contributed by atoms with van der Waals surface area (Å²) in [6.07, 6.45) is 6.34. The Morgan fingerprint density at radius 2 is 2.05 bits per heavy atom. The van der Waals surface area contributed by atoms with Crippen molar-refractivity contribution in [3.63, 3.8) is 0 Å². The summed E-state index contributed by atoms with van der Waals surface area (Å²) >= 11 is 1.60. The molecular formula is C15H20N2O2S. The van der Waals surface area contributed by atoms with E-state index in [1.165, 1.54) is 16.2 Å². The van der Waals surface area contributed by atoms with E-state index in [0.717, 1.165) is 37.8 Å². The lowest BCUT2D eigenvalue weighted by atomic mass is 9.73. The number of hydrogen-bond acceptors (Lipinski definition) is 4. The van der Waals surface area contributed by atoms with Crippen LogP contribution in [0.5, 0.6) is 0 Å². The highest BCUT2D eigenvalue weighted by molar-refractivity contribution is 7.09. The van der Waals surface area contributed by atoms with Crippen molar-refractivity contribution in [3.05, 3.63) is 16.1 Å². The molecule has 0 atom stereocenters. The monoisotopic (exact) mass is 292 g/mol. The summed E-state index contributed by atoms with van der Waals surface area (Å²) < 4.78 is 0. The van der Waals surface area contributed by atoms with Gasteiger partial charge in [0.05, 0.1) is 16.6 Å². The Balaban J connectivity index is 1.69. The number of hydrogen-bond donors (Lipinski definition) is 0. The summed E-state index contributed by atoms with van der Waals surface area (Å²) in [7, 11) is 0. The number of amides is 2. The van der Waals surface area contributed by atoms with Gasteiger partial charge in [-0.25, -0.2) is 4.98 Å². The van der Waals surface area contributed by atoms with Crippen molar-refractivity contribution < 1.29 is 9.59 Å². The molecule has 1 saturated carbocycles.